The van der Waals surface area contributed by atoms with Gasteiger partial charge in [0.05, 0.1) is 5.69 Å². The molecule has 1 aromatic heterocycles. The molecule has 1 heterocycles. The average Bonchev–Trinajstić information content (AvgIpc) is 2.51. The van der Waals surface area contributed by atoms with Crippen LogP contribution in [-0.4, -0.2) is 28.3 Å². The van der Waals surface area contributed by atoms with E-state index in [0.717, 1.165) is 5.69 Å². The van der Waals surface area contributed by atoms with Crippen LogP contribution in [0.5, 0.6) is 0 Å². The van der Waals surface area contributed by atoms with E-state index in [4.69, 9.17) is 0 Å². The quantitative estimate of drug-likeness (QED) is 0.822. The van der Waals surface area contributed by atoms with Crippen molar-refractivity contribution in [3.63, 3.8) is 0 Å². The number of amides is 1. The number of carbonyl (C=O) groups is 1. The van der Waals surface area contributed by atoms with Crippen molar-refractivity contribution >= 4 is 5.91 Å². The third kappa shape index (κ3) is 4.35. The van der Waals surface area contributed by atoms with Gasteiger partial charge in [-0.2, -0.15) is 5.10 Å². The van der Waals surface area contributed by atoms with Gasteiger partial charge in [-0.15, -0.1) is 0 Å². The molecule has 1 aromatic rings. The first-order valence-electron chi connectivity index (χ1n) is 6.85. The van der Waals surface area contributed by atoms with Crippen LogP contribution in [0.4, 0.5) is 0 Å². The van der Waals surface area contributed by atoms with E-state index in [0.29, 0.717) is 13.0 Å². The zero-order chi connectivity index (χ0) is 14.6. The summed E-state index contributed by atoms with van der Waals surface area (Å²) in [6.45, 7) is 10.8. The first-order valence-corrected chi connectivity index (χ1v) is 6.85. The summed E-state index contributed by atoms with van der Waals surface area (Å²) in [5, 5.41) is 10.7. The Morgan fingerprint density at radius 3 is 2.42 bits per heavy atom. The zero-order valence-electron chi connectivity index (χ0n) is 12.9. The molecule has 0 bridgehead atoms. The number of hydrogen-bond acceptors (Lipinski definition) is 3. The van der Waals surface area contributed by atoms with Crippen molar-refractivity contribution in [2.24, 2.45) is 7.05 Å². The minimum absolute atomic E-state index is 0.0920. The fourth-order valence-corrected chi connectivity index (χ4v) is 2.32. The van der Waals surface area contributed by atoms with E-state index >= 15 is 0 Å². The van der Waals surface area contributed by atoms with Crippen LogP contribution in [-0.2, 0) is 11.8 Å². The Morgan fingerprint density at radius 1 is 1.32 bits per heavy atom. The third-order valence-electron chi connectivity index (χ3n) is 3.25. The molecule has 1 rings (SSSR count). The maximum absolute atomic E-state index is 11.5. The molecule has 19 heavy (non-hydrogen) atoms. The Bertz CT molecular complexity index is 437. The van der Waals surface area contributed by atoms with Gasteiger partial charge >= 0.3 is 0 Å². The van der Waals surface area contributed by atoms with Gasteiger partial charge in [-0.05, 0) is 34.6 Å². The SMILES string of the molecule is Cc1nn(C)c(C)c1C(C)NCCC(=O)NC(C)C. The van der Waals surface area contributed by atoms with Gasteiger partial charge < -0.3 is 10.6 Å². The number of aromatic nitrogens is 2. The molecule has 108 valence electrons. The summed E-state index contributed by atoms with van der Waals surface area (Å²) in [4.78, 5) is 11.5. The summed E-state index contributed by atoms with van der Waals surface area (Å²) in [6, 6.07) is 0.410. The van der Waals surface area contributed by atoms with E-state index < -0.39 is 0 Å². The van der Waals surface area contributed by atoms with E-state index in [2.05, 4.69) is 29.6 Å². The van der Waals surface area contributed by atoms with Crippen molar-refractivity contribution in [2.75, 3.05) is 6.54 Å². The molecule has 0 aliphatic carbocycles. The third-order valence-corrected chi connectivity index (χ3v) is 3.25. The first kappa shape index (κ1) is 15.7. The Kier molecular flexibility index (Phi) is 5.54. The van der Waals surface area contributed by atoms with Gasteiger partial charge in [-0.1, -0.05) is 0 Å². The lowest BCUT2D eigenvalue weighted by molar-refractivity contribution is -0.121. The Morgan fingerprint density at radius 2 is 1.95 bits per heavy atom. The van der Waals surface area contributed by atoms with Gasteiger partial charge in [0.25, 0.3) is 0 Å². The molecular formula is C14H26N4O. The Hall–Kier alpha value is -1.36. The smallest absolute Gasteiger partial charge is 0.221 e. The molecule has 1 atom stereocenters. The van der Waals surface area contributed by atoms with Crippen molar-refractivity contribution in [3.8, 4) is 0 Å². The van der Waals surface area contributed by atoms with Crippen LogP contribution in [0.1, 0.15) is 50.2 Å². The van der Waals surface area contributed by atoms with Crippen LogP contribution in [0.3, 0.4) is 0 Å². The molecule has 2 N–H and O–H groups in total. The lowest BCUT2D eigenvalue weighted by atomic mass is 10.1. The highest BCUT2D eigenvalue weighted by atomic mass is 16.1. The predicted molar refractivity (Wildman–Crippen MR) is 77.0 cm³/mol. The van der Waals surface area contributed by atoms with E-state index in [1.54, 1.807) is 0 Å². The second kappa shape index (κ2) is 6.70. The molecule has 1 amide bonds. The molecule has 0 saturated heterocycles. The van der Waals surface area contributed by atoms with Crippen LogP contribution in [0.2, 0.25) is 0 Å². The molecule has 5 heteroatoms. The van der Waals surface area contributed by atoms with Crippen molar-refractivity contribution < 1.29 is 4.79 Å². The predicted octanol–water partition coefficient (Wildman–Crippen LogP) is 1.60. The van der Waals surface area contributed by atoms with Gasteiger partial charge in [0.15, 0.2) is 0 Å². The molecule has 0 fully saturated rings. The maximum atomic E-state index is 11.5. The fourth-order valence-electron chi connectivity index (χ4n) is 2.32. The van der Waals surface area contributed by atoms with Crippen LogP contribution >= 0.6 is 0 Å². The molecule has 0 aromatic carbocycles. The van der Waals surface area contributed by atoms with Crippen molar-refractivity contribution in [3.05, 3.63) is 17.0 Å². The average molecular weight is 266 g/mol. The zero-order valence-corrected chi connectivity index (χ0v) is 12.9. The highest BCUT2D eigenvalue weighted by Gasteiger charge is 2.15. The summed E-state index contributed by atoms with van der Waals surface area (Å²) in [6.07, 6.45) is 0.501. The molecule has 0 aliphatic rings. The second-order valence-electron chi connectivity index (χ2n) is 5.36. The highest BCUT2D eigenvalue weighted by Crippen LogP contribution is 2.20. The molecule has 1 unspecified atom stereocenters. The lowest BCUT2D eigenvalue weighted by Crippen LogP contribution is -2.33. The van der Waals surface area contributed by atoms with Crippen LogP contribution in [0.25, 0.3) is 0 Å². The largest absolute Gasteiger partial charge is 0.354 e. The molecule has 5 nitrogen and oxygen atoms in total. The molecule has 0 spiro atoms. The number of nitrogens with one attached hydrogen (secondary N) is 2. The van der Waals surface area contributed by atoms with Gasteiger partial charge in [0.2, 0.25) is 5.91 Å². The fraction of sp³-hybridized carbons (Fsp3) is 0.714. The summed E-state index contributed by atoms with van der Waals surface area (Å²) in [7, 11) is 1.95. The number of rotatable bonds is 6. The second-order valence-corrected chi connectivity index (χ2v) is 5.36. The molecular weight excluding hydrogens is 240 g/mol. The van der Waals surface area contributed by atoms with Gasteiger partial charge in [-0.25, -0.2) is 0 Å². The number of aryl methyl sites for hydroxylation is 2. The van der Waals surface area contributed by atoms with E-state index in [-0.39, 0.29) is 18.0 Å². The monoisotopic (exact) mass is 266 g/mol. The standard InChI is InChI=1S/C14H26N4O/c1-9(2)16-13(19)7-8-15-10(3)14-11(4)17-18(6)12(14)5/h9-10,15H,7-8H2,1-6H3,(H,16,19). The summed E-state index contributed by atoms with van der Waals surface area (Å²) in [5.74, 6) is 0.0920. The van der Waals surface area contributed by atoms with E-state index in [1.807, 2.05) is 32.5 Å². The number of carbonyl (C=O) groups excluding carboxylic acids is 1. The van der Waals surface area contributed by atoms with Gasteiger partial charge in [0, 0.05) is 43.4 Å². The minimum Gasteiger partial charge on any atom is -0.354 e. The lowest BCUT2D eigenvalue weighted by Gasteiger charge is -2.15. The Balaban J connectivity index is 2.48. The van der Waals surface area contributed by atoms with Crippen LogP contribution < -0.4 is 10.6 Å². The summed E-state index contributed by atoms with van der Waals surface area (Å²) >= 11 is 0. The van der Waals surface area contributed by atoms with Crippen molar-refractivity contribution in [1.29, 1.82) is 0 Å². The molecule has 0 aliphatic heterocycles. The summed E-state index contributed by atoms with van der Waals surface area (Å²) < 4.78 is 1.90. The normalized spacial score (nSPS) is 12.8. The van der Waals surface area contributed by atoms with Crippen LogP contribution in [0.15, 0.2) is 0 Å². The molecule has 0 saturated carbocycles. The van der Waals surface area contributed by atoms with E-state index in [9.17, 15) is 4.79 Å². The number of nitrogens with zero attached hydrogens (tertiary/aromatic N) is 2. The topological polar surface area (TPSA) is 59.0 Å². The first-order chi connectivity index (χ1) is 8.82. The van der Waals surface area contributed by atoms with Crippen LogP contribution in [0, 0.1) is 13.8 Å². The Labute approximate surface area is 115 Å². The maximum Gasteiger partial charge on any atom is 0.221 e. The van der Waals surface area contributed by atoms with Gasteiger partial charge in [-0.3, -0.25) is 9.48 Å². The van der Waals surface area contributed by atoms with E-state index in [1.165, 1.54) is 11.3 Å². The molecule has 0 radical (unpaired) electrons. The van der Waals surface area contributed by atoms with Crippen molar-refractivity contribution in [2.45, 2.75) is 53.1 Å². The highest BCUT2D eigenvalue weighted by molar-refractivity contribution is 5.76. The number of hydrogen-bond donors (Lipinski definition) is 2. The summed E-state index contributed by atoms with van der Waals surface area (Å²) in [5.41, 5.74) is 3.45. The van der Waals surface area contributed by atoms with Gasteiger partial charge in [0.1, 0.15) is 0 Å². The minimum atomic E-state index is 0.0920. The van der Waals surface area contributed by atoms with Crippen molar-refractivity contribution in [1.82, 2.24) is 20.4 Å².